The number of carbonyl (C=O) groups is 1. The van der Waals surface area contributed by atoms with Crippen molar-refractivity contribution < 1.29 is 9.90 Å². The third kappa shape index (κ3) is 3.27. The highest BCUT2D eigenvalue weighted by molar-refractivity contribution is 5.78. The predicted octanol–water partition coefficient (Wildman–Crippen LogP) is -0.0786. The zero-order valence-corrected chi connectivity index (χ0v) is 9.07. The highest BCUT2D eigenvalue weighted by Crippen LogP contribution is 2.26. The van der Waals surface area contributed by atoms with E-state index in [9.17, 15) is 4.79 Å². The van der Waals surface area contributed by atoms with Gasteiger partial charge in [0.25, 0.3) is 0 Å². The Labute approximate surface area is 85.5 Å². The van der Waals surface area contributed by atoms with Crippen LogP contribution in [0.4, 0.5) is 0 Å². The largest absolute Gasteiger partial charge is 0.395 e. The third-order valence-corrected chi connectivity index (χ3v) is 2.69. The van der Waals surface area contributed by atoms with Gasteiger partial charge in [-0.3, -0.25) is 9.69 Å². The van der Waals surface area contributed by atoms with Crippen LogP contribution in [-0.4, -0.2) is 60.1 Å². The van der Waals surface area contributed by atoms with E-state index in [4.69, 9.17) is 5.11 Å². The highest BCUT2D eigenvalue weighted by Gasteiger charge is 2.30. The smallest absolute Gasteiger partial charge is 0.236 e. The van der Waals surface area contributed by atoms with E-state index in [2.05, 4.69) is 4.90 Å². The Balaban J connectivity index is 2.34. The normalized spacial score (nSPS) is 16.0. The number of hydrogen-bond acceptors (Lipinski definition) is 3. The van der Waals surface area contributed by atoms with E-state index in [1.807, 2.05) is 14.0 Å². The van der Waals surface area contributed by atoms with Gasteiger partial charge in [0.2, 0.25) is 5.91 Å². The van der Waals surface area contributed by atoms with E-state index in [-0.39, 0.29) is 12.5 Å². The maximum atomic E-state index is 11.6. The molecular weight excluding hydrogens is 180 g/mol. The van der Waals surface area contributed by atoms with Gasteiger partial charge in [0.05, 0.1) is 13.2 Å². The predicted molar refractivity (Wildman–Crippen MR) is 55.0 cm³/mol. The van der Waals surface area contributed by atoms with Gasteiger partial charge in [0.15, 0.2) is 0 Å². The molecule has 1 aliphatic rings. The number of rotatable bonds is 6. The van der Waals surface area contributed by atoms with Gasteiger partial charge in [-0.1, -0.05) is 0 Å². The summed E-state index contributed by atoms with van der Waals surface area (Å²) >= 11 is 0. The van der Waals surface area contributed by atoms with Gasteiger partial charge in [-0.2, -0.15) is 0 Å². The van der Waals surface area contributed by atoms with Crippen molar-refractivity contribution in [1.29, 1.82) is 0 Å². The zero-order valence-electron chi connectivity index (χ0n) is 9.07. The summed E-state index contributed by atoms with van der Waals surface area (Å²) in [6.45, 7) is 3.92. The van der Waals surface area contributed by atoms with Gasteiger partial charge in [0, 0.05) is 26.2 Å². The molecule has 1 aliphatic carbocycles. The Hall–Kier alpha value is -0.610. The number of likely N-dealkylation sites (N-methyl/N-ethyl adjacent to an activating group) is 1. The summed E-state index contributed by atoms with van der Waals surface area (Å²) in [6.07, 6.45) is 2.34. The lowest BCUT2D eigenvalue weighted by Gasteiger charge is -2.23. The molecule has 1 N–H and O–H groups in total. The maximum Gasteiger partial charge on any atom is 0.236 e. The summed E-state index contributed by atoms with van der Waals surface area (Å²) in [7, 11) is 1.81. The van der Waals surface area contributed by atoms with Crippen molar-refractivity contribution in [3.63, 3.8) is 0 Å². The van der Waals surface area contributed by atoms with Crippen molar-refractivity contribution in [2.75, 3.05) is 33.3 Å². The Bertz CT molecular complexity index is 193. The summed E-state index contributed by atoms with van der Waals surface area (Å²) in [5, 5.41) is 8.86. The van der Waals surface area contributed by atoms with Crippen LogP contribution in [-0.2, 0) is 4.79 Å². The van der Waals surface area contributed by atoms with E-state index in [0.29, 0.717) is 19.1 Å². The molecule has 0 saturated heterocycles. The molecular formula is C10H20N2O2. The van der Waals surface area contributed by atoms with E-state index in [1.165, 1.54) is 12.8 Å². The average Bonchev–Trinajstić information content (AvgIpc) is 2.99. The highest BCUT2D eigenvalue weighted by atomic mass is 16.3. The molecule has 82 valence electrons. The molecule has 14 heavy (non-hydrogen) atoms. The van der Waals surface area contributed by atoms with Crippen LogP contribution in [0.2, 0.25) is 0 Å². The molecule has 0 atom stereocenters. The molecule has 0 unspecified atom stereocenters. The lowest BCUT2D eigenvalue weighted by molar-refractivity contribution is -0.131. The molecule has 0 radical (unpaired) electrons. The zero-order chi connectivity index (χ0) is 10.6. The summed E-state index contributed by atoms with van der Waals surface area (Å²) in [6, 6.07) is 0.538. The quantitative estimate of drug-likeness (QED) is 0.652. The number of amides is 1. The Morgan fingerprint density at radius 3 is 2.57 bits per heavy atom. The minimum atomic E-state index is 0.139. The molecule has 0 aromatic carbocycles. The summed E-state index contributed by atoms with van der Waals surface area (Å²) in [5.41, 5.74) is 0. The minimum absolute atomic E-state index is 0.139. The van der Waals surface area contributed by atoms with Gasteiger partial charge in [-0.05, 0) is 19.8 Å². The van der Waals surface area contributed by atoms with E-state index < -0.39 is 0 Å². The van der Waals surface area contributed by atoms with E-state index in [0.717, 1.165) is 6.54 Å². The van der Waals surface area contributed by atoms with Gasteiger partial charge in [-0.15, -0.1) is 0 Å². The second-order valence-electron chi connectivity index (χ2n) is 3.83. The Kier molecular flexibility index (Phi) is 4.35. The topological polar surface area (TPSA) is 43.8 Å². The molecule has 1 fully saturated rings. The van der Waals surface area contributed by atoms with Crippen molar-refractivity contribution in [3.8, 4) is 0 Å². The van der Waals surface area contributed by atoms with Crippen LogP contribution in [0, 0.1) is 0 Å². The van der Waals surface area contributed by atoms with Gasteiger partial charge >= 0.3 is 0 Å². The van der Waals surface area contributed by atoms with Crippen LogP contribution < -0.4 is 0 Å². The van der Waals surface area contributed by atoms with Crippen molar-refractivity contribution in [1.82, 2.24) is 9.80 Å². The van der Waals surface area contributed by atoms with E-state index >= 15 is 0 Å². The number of carbonyl (C=O) groups excluding carboxylic acids is 1. The first-order valence-corrected chi connectivity index (χ1v) is 5.28. The number of aliphatic hydroxyl groups is 1. The standard InChI is InChI=1S/C10H20N2O2/c1-3-11(2)10(14)8-12(6-7-13)9-4-5-9/h9,13H,3-8H2,1-2H3. The first-order valence-electron chi connectivity index (χ1n) is 5.28. The van der Waals surface area contributed by atoms with Gasteiger partial charge in [-0.25, -0.2) is 0 Å². The van der Waals surface area contributed by atoms with Crippen molar-refractivity contribution in [2.45, 2.75) is 25.8 Å². The van der Waals surface area contributed by atoms with Gasteiger partial charge in [0.1, 0.15) is 0 Å². The number of hydrogen-bond donors (Lipinski definition) is 1. The first kappa shape index (κ1) is 11.5. The van der Waals surface area contributed by atoms with Crippen LogP contribution in [0.3, 0.4) is 0 Å². The first-order chi connectivity index (χ1) is 6.69. The second kappa shape index (κ2) is 5.32. The maximum absolute atomic E-state index is 11.6. The molecule has 0 spiro atoms. The lowest BCUT2D eigenvalue weighted by atomic mass is 10.4. The molecule has 1 amide bonds. The fourth-order valence-corrected chi connectivity index (χ4v) is 1.43. The fourth-order valence-electron chi connectivity index (χ4n) is 1.43. The monoisotopic (exact) mass is 200 g/mol. The second-order valence-corrected chi connectivity index (χ2v) is 3.83. The molecule has 0 aromatic rings. The van der Waals surface area contributed by atoms with Crippen LogP contribution >= 0.6 is 0 Å². The molecule has 4 nitrogen and oxygen atoms in total. The van der Waals surface area contributed by atoms with Crippen molar-refractivity contribution in [3.05, 3.63) is 0 Å². The number of aliphatic hydroxyl groups excluding tert-OH is 1. The molecule has 0 aliphatic heterocycles. The molecule has 0 aromatic heterocycles. The average molecular weight is 200 g/mol. The fraction of sp³-hybridized carbons (Fsp3) is 0.900. The summed E-state index contributed by atoms with van der Waals surface area (Å²) < 4.78 is 0. The summed E-state index contributed by atoms with van der Waals surface area (Å²) in [4.78, 5) is 15.4. The van der Waals surface area contributed by atoms with Crippen molar-refractivity contribution >= 4 is 5.91 Å². The molecule has 0 bridgehead atoms. The third-order valence-electron chi connectivity index (χ3n) is 2.69. The molecule has 4 heteroatoms. The molecule has 0 heterocycles. The number of nitrogens with zero attached hydrogens (tertiary/aromatic N) is 2. The van der Waals surface area contributed by atoms with Crippen LogP contribution in [0.5, 0.6) is 0 Å². The summed E-state index contributed by atoms with van der Waals surface area (Å²) in [5.74, 6) is 0.146. The SMILES string of the molecule is CCN(C)C(=O)CN(CCO)C1CC1. The lowest BCUT2D eigenvalue weighted by Crippen LogP contribution is -2.40. The van der Waals surface area contributed by atoms with Crippen molar-refractivity contribution in [2.24, 2.45) is 0 Å². The van der Waals surface area contributed by atoms with E-state index in [1.54, 1.807) is 4.90 Å². The molecule has 1 saturated carbocycles. The molecule has 1 rings (SSSR count). The van der Waals surface area contributed by atoms with Gasteiger partial charge < -0.3 is 10.0 Å². The van der Waals surface area contributed by atoms with Crippen LogP contribution in [0.25, 0.3) is 0 Å². The Morgan fingerprint density at radius 1 is 1.50 bits per heavy atom. The Morgan fingerprint density at radius 2 is 2.14 bits per heavy atom. The minimum Gasteiger partial charge on any atom is -0.395 e. The van der Waals surface area contributed by atoms with Crippen LogP contribution in [0.15, 0.2) is 0 Å². The van der Waals surface area contributed by atoms with Crippen LogP contribution in [0.1, 0.15) is 19.8 Å².